The van der Waals surface area contributed by atoms with Gasteiger partial charge in [-0.3, -0.25) is 19.1 Å². The lowest BCUT2D eigenvalue weighted by molar-refractivity contribution is -0.122. The molecule has 1 saturated heterocycles. The van der Waals surface area contributed by atoms with Gasteiger partial charge in [-0.1, -0.05) is 12.8 Å². The zero-order chi connectivity index (χ0) is 18.3. The summed E-state index contributed by atoms with van der Waals surface area (Å²) in [7, 11) is 1.61. The van der Waals surface area contributed by atoms with Crippen LogP contribution in [0.1, 0.15) is 41.9 Å². The Balaban J connectivity index is 1.60. The molecule has 2 fully saturated rings. The maximum absolute atomic E-state index is 12.8. The number of fused-ring (bicyclic) bond motifs is 1. The average molecular weight is 356 g/mol. The number of nitrogens with zero attached hydrogens (tertiary/aromatic N) is 3. The molecule has 2 aliphatic rings. The van der Waals surface area contributed by atoms with Gasteiger partial charge in [-0.15, -0.1) is 0 Å². The van der Waals surface area contributed by atoms with Crippen molar-refractivity contribution in [3.63, 3.8) is 0 Å². The third kappa shape index (κ3) is 2.61. The number of furan rings is 1. The van der Waals surface area contributed by atoms with Crippen molar-refractivity contribution in [2.24, 2.45) is 18.9 Å². The average Bonchev–Trinajstić information content (AvgIpc) is 3.34. The minimum absolute atomic E-state index is 0.192. The van der Waals surface area contributed by atoms with Crippen molar-refractivity contribution >= 4 is 23.4 Å². The molecule has 0 spiro atoms. The molecule has 1 saturated carbocycles. The van der Waals surface area contributed by atoms with E-state index in [1.807, 2.05) is 0 Å². The molecule has 2 atom stereocenters. The second-order valence-corrected chi connectivity index (χ2v) is 6.77. The van der Waals surface area contributed by atoms with E-state index in [0.717, 1.165) is 30.6 Å². The van der Waals surface area contributed by atoms with Crippen molar-refractivity contribution in [3.8, 4) is 0 Å². The maximum atomic E-state index is 12.8. The molecular formula is C18H20N4O4. The van der Waals surface area contributed by atoms with Crippen molar-refractivity contribution in [2.45, 2.75) is 32.2 Å². The molecule has 0 unspecified atom stereocenters. The van der Waals surface area contributed by atoms with E-state index in [4.69, 9.17) is 4.42 Å². The smallest absolute Gasteiger partial charge is 0.272 e. The number of imide groups is 1. The molecule has 0 radical (unpaired) electrons. The molecule has 4 rings (SSSR count). The van der Waals surface area contributed by atoms with E-state index in [9.17, 15) is 14.4 Å². The number of amides is 3. The summed E-state index contributed by atoms with van der Waals surface area (Å²) in [5.41, 5.74) is 0.450. The monoisotopic (exact) mass is 356 g/mol. The summed E-state index contributed by atoms with van der Waals surface area (Å²) in [6.45, 7) is 0.212. The van der Waals surface area contributed by atoms with Crippen LogP contribution in [0.3, 0.4) is 0 Å². The first-order valence-electron chi connectivity index (χ1n) is 8.78. The van der Waals surface area contributed by atoms with Crippen molar-refractivity contribution in [1.82, 2.24) is 15.1 Å². The molecule has 8 nitrogen and oxygen atoms in total. The lowest BCUT2D eigenvalue weighted by Gasteiger charge is -2.19. The molecule has 1 N–H and O–H groups in total. The quantitative estimate of drug-likeness (QED) is 0.840. The Labute approximate surface area is 150 Å². The van der Waals surface area contributed by atoms with Crippen LogP contribution in [0.2, 0.25) is 0 Å². The van der Waals surface area contributed by atoms with E-state index in [2.05, 4.69) is 10.4 Å². The summed E-state index contributed by atoms with van der Waals surface area (Å²) < 4.78 is 6.59. The van der Waals surface area contributed by atoms with Gasteiger partial charge in [0, 0.05) is 7.05 Å². The molecule has 0 aromatic carbocycles. The first kappa shape index (κ1) is 16.6. The molecule has 0 bridgehead atoms. The van der Waals surface area contributed by atoms with Gasteiger partial charge < -0.3 is 9.73 Å². The summed E-state index contributed by atoms with van der Waals surface area (Å²) in [4.78, 5) is 39.4. The number of nitrogens with one attached hydrogen (secondary N) is 1. The number of rotatable bonds is 4. The molecule has 3 amide bonds. The van der Waals surface area contributed by atoms with Crippen LogP contribution in [0.4, 0.5) is 5.69 Å². The van der Waals surface area contributed by atoms with Gasteiger partial charge in [-0.2, -0.15) is 5.10 Å². The zero-order valence-electron chi connectivity index (χ0n) is 14.5. The van der Waals surface area contributed by atoms with Crippen LogP contribution in [-0.4, -0.2) is 27.5 Å². The van der Waals surface area contributed by atoms with E-state index < -0.39 is 5.91 Å². The predicted octanol–water partition coefficient (Wildman–Crippen LogP) is 1.62. The lowest BCUT2D eigenvalue weighted by Crippen LogP contribution is -2.34. The Morgan fingerprint density at radius 2 is 1.96 bits per heavy atom. The highest BCUT2D eigenvalue weighted by Gasteiger charge is 2.50. The van der Waals surface area contributed by atoms with Gasteiger partial charge in [0.25, 0.3) is 5.91 Å². The number of aromatic nitrogens is 2. The first-order valence-corrected chi connectivity index (χ1v) is 8.78. The standard InChI is InChI=1S/C18H20N4O4/c1-21-15(16(23)19-9-11-5-4-8-26-11)14(10-20-21)22-17(24)12-6-2-3-7-13(12)18(22)25/h4-5,8,10,12-13H,2-3,6-7,9H2,1H3,(H,19,23)/t12-,13-/m1/s1. The minimum Gasteiger partial charge on any atom is -0.467 e. The van der Waals surface area contributed by atoms with Crippen molar-refractivity contribution in [2.75, 3.05) is 4.90 Å². The fraction of sp³-hybridized carbons (Fsp3) is 0.444. The van der Waals surface area contributed by atoms with Crippen LogP contribution in [0, 0.1) is 11.8 Å². The highest BCUT2D eigenvalue weighted by atomic mass is 16.3. The van der Waals surface area contributed by atoms with Gasteiger partial charge >= 0.3 is 0 Å². The number of anilines is 1. The SMILES string of the molecule is Cn1ncc(N2C(=O)[C@@H]3CCCC[C@H]3C2=O)c1C(=O)NCc1ccco1. The Bertz CT molecular complexity index is 831. The molecule has 8 heteroatoms. The van der Waals surface area contributed by atoms with Crippen LogP contribution in [-0.2, 0) is 23.2 Å². The minimum atomic E-state index is -0.410. The third-order valence-corrected chi connectivity index (χ3v) is 5.22. The van der Waals surface area contributed by atoms with Gasteiger partial charge in [0.1, 0.15) is 17.1 Å². The molecule has 136 valence electrons. The first-order chi connectivity index (χ1) is 12.6. The maximum Gasteiger partial charge on any atom is 0.272 e. The lowest BCUT2D eigenvalue weighted by atomic mass is 9.81. The number of carbonyl (C=O) groups excluding carboxylic acids is 3. The predicted molar refractivity (Wildman–Crippen MR) is 91.0 cm³/mol. The molecule has 3 heterocycles. The van der Waals surface area contributed by atoms with Gasteiger partial charge in [-0.05, 0) is 25.0 Å². The molecule has 1 aliphatic carbocycles. The Kier molecular flexibility index (Phi) is 4.10. The van der Waals surface area contributed by atoms with Crippen LogP contribution in [0.25, 0.3) is 0 Å². The van der Waals surface area contributed by atoms with E-state index in [1.54, 1.807) is 19.2 Å². The van der Waals surface area contributed by atoms with Crippen molar-refractivity contribution < 1.29 is 18.8 Å². The topological polar surface area (TPSA) is 97.4 Å². The van der Waals surface area contributed by atoms with Crippen LogP contribution >= 0.6 is 0 Å². The molecule has 2 aromatic heterocycles. The van der Waals surface area contributed by atoms with Crippen LogP contribution < -0.4 is 10.2 Å². The van der Waals surface area contributed by atoms with E-state index >= 15 is 0 Å². The third-order valence-electron chi connectivity index (χ3n) is 5.22. The normalized spacial score (nSPS) is 22.6. The second-order valence-electron chi connectivity index (χ2n) is 6.77. The Morgan fingerprint density at radius 3 is 2.58 bits per heavy atom. The summed E-state index contributed by atoms with van der Waals surface area (Å²) in [5.74, 6) is -0.764. The number of hydrogen-bond acceptors (Lipinski definition) is 5. The fourth-order valence-electron chi connectivity index (χ4n) is 3.92. The highest BCUT2D eigenvalue weighted by Crippen LogP contribution is 2.40. The summed E-state index contributed by atoms with van der Waals surface area (Å²) in [5, 5.41) is 6.84. The molecule has 1 aliphatic heterocycles. The molecule has 2 aromatic rings. The summed E-state index contributed by atoms with van der Waals surface area (Å²) in [6, 6.07) is 3.49. The van der Waals surface area contributed by atoms with Crippen molar-refractivity contribution in [1.29, 1.82) is 0 Å². The fourth-order valence-corrected chi connectivity index (χ4v) is 3.92. The number of aryl methyl sites for hydroxylation is 1. The van der Waals surface area contributed by atoms with E-state index in [1.165, 1.54) is 17.1 Å². The van der Waals surface area contributed by atoms with E-state index in [-0.39, 0.29) is 41.6 Å². The molecule has 26 heavy (non-hydrogen) atoms. The summed E-state index contributed by atoms with van der Waals surface area (Å²) in [6.07, 6.45) is 6.31. The Morgan fingerprint density at radius 1 is 1.27 bits per heavy atom. The van der Waals surface area contributed by atoms with Gasteiger partial charge in [0.2, 0.25) is 11.8 Å². The van der Waals surface area contributed by atoms with Gasteiger partial charge in [0.15, 0.2) is 0 Å². The largest absolute Gasteiger partial charge is 0.467 e. The van der Waals surface area contributed by atoms with Crippen molar-refractivity contribution in [3.05, 3.63) is 36.0 Å². The van der Waals surface area contributed by atoms with Gasteiger partial charge in [0.05, 0.1) is 30.8 Å². The number of carbonyl (C=O) groups is 3. The van der Waals surface area contributed by atoms with Crippen LogP contribution in [0.5, 0.6) is 0 Å². The summed E-state index contributed by atoms with van der Waals surface area (Å²) >= 11 is 0. The highest BCUT2D eigenvalue weighted by molar-refractivity contribution is 6.23. The molecular weight excluding hydrogens is 336 g/mol. The number of hydrogen-bond donors (Lipinski definition) is 1. The zero-order valence-corrected chi connectivity index (χ0v) is 14.5. The Hall–Kier alpha value is -2.90. The van der Waals surface area contributed by atoms with E-state index in [0.29, 0.717) is 5.76 Å². The van der Waals surface area contributed by atoms with Gasteiger partial charge in [-0.25, -0.2) is 4.90 Å². The second kappa shape index (κ2) is 6.44. The van der Waals surface area contributed by atoms with Crippen LogP contribution in [0.15, 0.2) is 29.0 Å².